The third kappa shape index (κ3) is 5.63. The molecule has 0 fully saturated rings. The predicted molar refractivity (Wildman–Crippen MR) is 190 cm³/mol. The zero-order valence-corrected chi connectivity index (χ0v) is 26.1. The number of hydrogen-bond acceptors (Lipinski definition) is 4. The van der Waals surface area contributed by atoms with Crippen molar-refractivity contribution < 1.29 is 0 Å². The van der Waals surface area contributed by atoms with Crippen LogP contribution in [-0.4, -0.2) is 18.1 Å². The van der Waals surface area contributed by atoms with E-state index in [1.165, 1.54) is 60.6 Å². The van der Waals surface area contributed by atoms with Crippen molar-refractivity contribution in [1.82, 2.24) is 5.32 Å². The average molecular weight is 575 g/mol. The first kappa shape index (κ1) is 29.0. The van der Waals surface area contributed by atoms with E-state index in [-0.39, 0.29) is 6.17 Å². The second-order valence-corrected chi connectivity index (χ2v) is 11.6. The summed E-state index contributed by atoms with van der Waals surface area (Å²) in [5.41, 5.74) is 12.6. The van der Waals surface area contributed by atoms with Gasteiger partial charge < -0.3 is 5.32 Å². The van der Waals surface area contributed by atoms with Gasteiger partial charge in [-0.15, -0.1) is 0 Å². The van der Waals surface area contributed by atoms with Gasteiger partial charge in [-0.05, 0) is 108 Å². The topological polar surface area (TPSA) is 49.1 Å². The summed E-state index contributed by atoms with van der Waals surface area (Å²) in [6.07, 6.45) is 1.89. The predicted octanol–water partition coefficient (Wildman–Crippen LogP) is 10.2. The zero-order valence-electron chi connectivity index (χ0n) is 26.1. The molecule has 1 aliphatic heterocycles. The van der Waals surface area contributed by atoms with Crippen LogP contribution in [0, 0.1) is 0 Å². The van der Waals surface area contributed by atoms with Crippen LogP contribution in [0.5, 0.6) is 0 Å². The molecule has 1 atom stereocenters. The van der Waals surface area contributed by atoms with Crippen molar-refractivity contribution in [3.8, 4) is 22.3 Å². The van der Waals surface area contributed by atoms with Gasteiger partial charge in [0.2, 0.25) is 0 Å². The van der Waals surface area contributed by atoms with Crippen molar-refractivity contribution in [3.05, 3.63) is 131 Å². The highest BCUT2D eigenvalue weighted by molar-refractivity contribution is 6.21. The first-order valence-corrected chi connectivity index (χ1v) is 15.1. The van der Waals surface area contributed by atoms with Crippen molar-refractivity contribution in [2.75, 3.05) is 0 Å². The Balaban J connectivity index is 1.41. The van der Waals surface area contributed by atoms with Gasteiger partial charge in [0.05, 0.1) is 6.54 Å². The van der Waals surface area contributed by atoms with Crippen LogP contribution < -0.4 is 5.32 Å². The molecule has 0 aliphatic carbocycles. The van der Waals surface area contributed by atoms with E-state index in [0.29, 0.717) is 6.54 Å². The Bertz CT molecular complexity index is 1950. The van der Waals surface area contributed by atoms with Crippen LogP contribution in [0.4, 0.5) is 0 Å². The number of nitrogens with zero attached hydrogens (tertiary/aromatic N) is 3. The van der Waals surface area contributed by atoms with Gasteiger partial charge in [-0.1, -0.05) is 97.1 Å². The molecule has 1 unspecified atom stereocenters. The van der Waals surface area contributed by atoms with Gasteiger partial charge in [-0.3, -0.25) is 15.0 Å². The maximum absolute atomic E-state index is 4.90. The number of benzene rings is 5. The minimum atomic E-state index is -0.0640. The van der Waals surface area contributed by atoms with Crippen molar-refractivity contribution in [2.45, 2.75) is 47.3 Å². The highest BCUT2D eigenvalue weighted by atomic mass is 15.1. The second-order valence-electron chi connectivity index (χ2n) is 11.6. The molecule has 6 rings (SSSR count). The fourth-order valence-corrected chi connectivity index (χ4v) is 6.03. The highest BCUT2D eigenvalue weighted by Gasteiger charge is 2.19. The lowest BCUT2D eigenvalue weighted by molar-refractivity contribution is 0.613. The Labute approximate surface area is 260 Å². The lowest BCUT2D eigenvalue weighted by Gasteiger charge is -2.24. The molecule has 0 radical (unpaired) electrons. The molecule has 218 valence electrons. The molecule has 1 aliphatic rings. The lowest BCUT2D eigenvalue weighted by Crippen LogP contribution is -2.25. The van der Waals surface area contributed by atoms with Crippen molar-refractivity contribution in [1.29, 1.82) is 0 Å². The van der Waals surface area contributed by atoms with E-state index in [4.69, 9.17) is 9.98 Å². The van der Waals surface area contributed by atoms with Crippen LogP contribution in [0.2, 0.25) is 0 Å². The fourth-order valence-electron chi connectivity index (χ4n) is 6.03. The van der Waals surface area contributed by atoms with Gasteiger partial charge in [0.25, 0.3) is 0 Å². The number of hydrogen-bond donors (Lipinski definition) is 1. The van der Waals surface area contributed by atoms with Gasteiger partial charge in [0, 0.05) is 22.8 Å². The Hall–Kier alpha value is -5.09. The molecule has 0 bridgehead atoms. The van der Waals surface area contributed by atoms with Crippen LogP contribution in [0.15, 0.2) is 135 Å². The van der Waals surface area contributed by atoms with Crippen molar-refractivity contribution >= 4 is 39.7 Å². The van der Waals surface area contributed by atoms with Crippen molar-refractivity contribution in [2.24, 2.45) is 15.0 Å². The first-order chi connectivity index (χ1) is 21.3. The molecule has 0 saturated heterocycles. The van der Waals surface area contributed by atoms with Gasteiger partial charge in [-0.2, -0.15) is 0 Å². The quantitative estimate of drug-likeness (QED) is 0.153. The molecule has 4 nitrogen and oxygen atoms in total. The summed E-state index contributed by atoms with van der Waals surface area (Å²) in [5, 5.41) is 8.54. The molecular weight excluding hydrogens is 536 g/mol. The van der Waals surface area contributed by atoms with Crippen molar-refractivity contribution in [3.63, 3.8) is 0 Å². The molecule has 4 heteroatoms. The van der Waals surface area contributed by atoms with Crippen LogP contribution in [0.3, 0.4) is 0 Å². The van der Waals surface area contributed by atoms with E-state index in [2.05, 4.69) is 135 Å². The van der Waals surface area contributed by atoms with E-state index in [9.17, 15) is 0 Å². The third-order valence-corrected chi connectivity index (χ3v) is 8.65. The Kier molecular flexibility index (Phi) is 8.08. The van der Waals surface area contributed by atoms with E-state index < -0.39 is 0 Å². The summed E-state index contributed by atoms with van der Waals surface area (Å²) >= 11 is 0. The maximum Gasteiger partial charge on any atom is 0.144 e. The number of rotatable bonds is 7. The summed E-state index contributed by atoms with van der Waals surface area (Å²) in [4.78, 5) is 13.6. The SMILES string of the molecule is C=N/C(C)=C\C(C)=NCc1ccc(-c2c3ccccc3c(-c3ccc(C4N=C(C)C(C)=C(C)N4)cc3)c3ccccc23)cc1. The van der Waals surface area contributed by atoms with Gasteiger partial charge in [-0.25, -0.2) is 0 Å². The second kappa shape index (κ2) is 12.3. The Morgan fingerprint density at radius 1 is 0.750 bits per heavy atom. The van der Waals surface area contributed by atoms with Crippen LogP contribution in [-0.2, 0) is 6.54 Å². The number of allylic oxidation sites excluding steroid dienone is 4. The monoisotopic (exact) mass is 574 g/mol. The molecule has 5 aromatic carbocycles. The smallest absolute Gasteiger partial charge is 0.144 e. The van der Waals surface area contributed by atoms with Gasteiger partial charge >= 0.3 is 0 Å². The molecule has 44 heavy (non-hydrogen) atoms. The Morgan fingerprint density at radius 2 is 1.25 bits per heavy atom. The summed E-state index contributed by atoms with van der Waals surface area (Å²) in [6.45, 7) is 14.5. The molecule has 1 heterocycles. The molecule has 5 aromatic rings. The molecule has 1 N–H and O–H groups in total. The normalized spacial score (nSPS) is 15.8. The largest absolute Gasteiger partial charge is 0.363 e. The van der Waals surface area contributed by atoms with Crippen LogP contribution >= 0.6 is 0 Å². The molecule has 0 spiro atoms. The summed E-state index contributed by atoms with van der Waals surface area (Å²) in [6, 6.07) is 35.3. The minimum absolute atomic E-state index is 0.0640. The summed E-state index contributed by atoms with van der Waals surface area (Å²) in [5.74, 6) is 0. The first-order valence-electron chi connectivity index (χ1n) is 15.1. The number of nitrogens with one attached hydrogen (secondary N) is 1. The van der Waals surface area contributed by atoms with E-state index in [0.717, 1.165) is 22.7 Å². The number of aliphatic imine (C=N–C) groups is 3. The zero-order chi connectivity index (χ0) is 30.8. The third-order valence-electron chi connectivity index (χ3n) is 8.65. The van der Waals surface area contributed by atoms with Gasteiger partial charge in [0.1, 0.15) is 6.17 Å². The molecule has 0 aromatic heterocycles. The lowest BCUT2D eigenvalue weighted by atomic mass is 9.85. The minimum Gasteiger partial charge on any atom is -0.363 e. The van der Waals surface area contributed by atoms with E-state index >= 15 is 0 Å². The van der Waals surface area contributed by atoms with Crippen LogP contribution in [0.1, 0.15) is 51.9 Å². The number of fused-ring (bicyclic) bond motifs is 2. The summed E-state index contributed by atoms with van der Waals surface area (Å²) < 4.78 is 0. The Morgan fingerprint density at radius 3 is 1.73 bits per heavy atom. The standard InChI is InChI=1S/C40H38N4/c1-25(41-6)23-26(2)42-24-30-15-17-31(18-16-30)38-34-11-7-9-13-36(34)39(37-14-10-8-12-35(37)38)32-19-21-33(22-20-32)40-43-28(4)27(3)29(5)44-40/h7-23,40,43H,6,24H2,1-5H3/b25-23-,42-26?. The molecular formula is C40H38N4. The van der Waals surface area contributed by atoms with E-state index in [1.54, 1.807) is 0 Å². The average Bonchev–Trinajstić information content (AvgIpc) is 3.05. The van der Waals surface area contributed by atoms with Crippen LogP contribution in [0.25, 0.3) is 43.8 Å². The molecule has 0 saturated carbocycles. The molecule has 0 amide bonds. The summed E-state index contributed by atoms with van der Waals surface area (Å²) in [7, 11) is 0. The van der Waals surface area contributed by atoms with E-state index in [1.807, 2.05) is 19.9 Å². The fraction of sp³-hybridized carbons (Fsp3) is 0.175. The van der Waals surface area contributed by atoms with Gasteiger partial charge in [0.15, 0.2) is 0 Å². The highest BCUT2D eigenvalue weighted by Crippen LogP contribution is 2.43. The maximum atomic E-state index is 4.90.